The molecule has 1 atom stereocenters. The van der Waals surface area contributed by atoms with Crippen LogP contribution in [0.15, 0.2) is 0 Å². The minimum atomic E-state index is -0.324. The lowest BCUT2D eigenvalue weighted by atomic mass is 10.2. The van der Waals surface area contributed by atoms with E-state index in [-0.39, 0.29) is 55.8 Å². The maximum Gasteiger partial charge on any atom is 0.240 e. The number of amides is 4. The predicted octanol–water partition coefficient (Wildman–Crippen LogP) is -0.506. The van der Waals surface area contributed by atoms with Gasteiger partial charge in [0, 0.05) is 12.6 Å². The van der Waals surface area contributed by atoms with Crippen molar-refractivity contribution < 1.29 is 19.2 Å². The van der Waals surface area contributed by atoms with E-state index in [0.29, 0.717) is 6.54 Å². The second-order valence-electron chi connectivity index (χ2n) is 5.39. The molecule has 2 heterocycles. The molecule has 4 amide bonds. The van der Waals surface area contributed by atoms with Crippen LogP contribution in [0.3, 0.4) is 0 Å². The standard InChI is InChI=1S/C11H16N4O4.C2H4I2/c1-7(15-5-10(18)13-11(19)6-15)2-14-3-8(16)12-9(17)4-14;1-2(3)4/h7H,2-6H2,1H3,(H,12,16,17)(H,13,18,19);2H,1H3/t7-;/m0./s1. The summed E-state index contributed by atoms with van der Waals surface area (Å²) >= 11 is 4.66. The van der Waals surface area contributed by atoms with Crippen LogP contribution in [0.2, 0.25) is 0 Å². The molecule has 0 radical (unpaired) electrons. The highest BCUT2D eigenvalue weighted by Gasteiger charge is 2.29. The minimum Gasteiger partial charge on any atom is -0.294 e. The number of carbonyl (C=O) groups is 4. The van der Waals surface area contributed by atoms with Gasteiger partial charge in [-0.15, -0.1) is 0 Å². The normalized spacial score (nSPS) is 21.4. The molecule has 130 valence electrons. The zero-order valence-corrected chi connectivity index (χ0v) is 17.3. The van der Waals surface area contributed by atoms with E-state index in [0.717, 1.165) is 1.93 Å². The molecule has 0 spiro atoms. The van der Waals surface area contributed by atoms with Gasteiger partial charge in [-0.25, -0.2) is 0 Å². The summed E-state index contributed by atoms with van der Waals surface area (Å²) < 4.78 is 0.773. The van der Waals surface area contributed by atoms with Crippen molar-refractivity contribution in [2.45, 2.75) is 21.8 Å². The van der Waals surface area contributed by atoms with Gasteiger partial charge in [-0.2, -0.15) is 0 Å². The van der Waals surface area contributed by atoms with E-state index in [2.05, 4.69) is 62.7 Å². The van der Waals surface area contributed by atoms with Gasteiger partial charge < -0.3 is 0 Å². The molecule has 0 bridgehead atoms. The Kier molecular flexibility index (Phi) is 8.85. The molecule has 0 aromatic rings. The van der Waals surface area contributed by atoms with Gasteiger partial charge >= 0.3 is 0 Å². The van der Waals surface area contributed by atoms with Gasteiger partial charge in [-0.3, -0.25) is 39.6 Å². The first-order chi connectivity index (χ1) is 10.7. The van der Waals surface area contributed by atoms with Crippen LogP contribution in [0.25, 0.3) is 0 Å². The number of nitrogens with zero attached hydrogens (tertiary/aromatic N) is 2. The van der Waals surface area contributed by atoms with Crippen molar-refractivity contribution in [3.05, 3.63) is 0 Å². The van der Waals surface area contributed by atoms with Crippen molar-refractivity contribution in [1.29, 1.82) is 0 Å². The monoisotopic (exact) mass is 550 g/mol. The second-order valence-corrected chi connectivity index (χ2v) is 11.5. The lowest BCUT2D eigenvalue weighted by Gasteiger charge is -2.35. The third kappa shape index (κ3) is 8.35. The maximum atomic E-state index is 11.3. The zero-order valence-electron chi connectivity index (χ0n) is 13.0. The number of halogens is 2. The van der Waals surface area contributed by atoms with Crippen molar-refractivity contribution in [3.63, 3.8) is 0 Å². The van der Waals surface area contributed by atoms with Crippen LogP contribution < -0.4 is 10.6 Å². The summed E-state index contributed by atoms with van der Waals surface area (Å²) in [6.07, 6.45) is 0. The first-order valence-corrected chi connectivity index (χ1v) is 9.56. The molecule has 0 aliphatic carbocycles. The molecular weight excluding hydrogens is 530 g/mol. The molecule has 0 aromatic carbocycles. The fourth-order valence-electron chi connectivity index (χ4n) is 2.29. The molecule has 2 fully saturated rings. The molecule has 8 nitrogen and oxygen atoms in total. The maximum absolute atomic E-state index is 11.3. The number of nitrogens with one attached hydrogen (secondary N) is 2. The topological polar surface area (TPSA) is 98.8 Å². The summed E-state index contributed by atoms with van der Waals surface area (Å²) in [4.78, 5) is 48.5. The minimum absolute atomic E-state index is 0.0892. The van der Waals surface area contributed by atoms with Gasteiger partial charge in [0.25, 0.3) is 0 Å². The highest BCUT2D eigenvalue weighted by Crippen LogP contribution is 2.06. The van der Waals surface area contributed by atoms with E-state index < -0.39 is 0 Å². The van der Waals surface area contributed by atoms with Gasteiger partial charge in [-0.1, -0.05) is 45.2 Å². The fourth-order valence-corrected chi connectivity index (χ4v) is 2.29. The fraction of sp³-hybridized carbons (Fsp3) is 0.692. The van der Waals surface area contributed by atoms with Gasteiger partial charge in [0.05, 0.1) is 28.1 Å². The smallest absolute Gasteiger partial charge is 0.240 e. The number of rotatable bonds is 3. The molecule has 2 aliphatic heterocycles. The Bertz CT molecular complexity index is 452. The Hall–Kier alpha value is -0.340. The molecular formula is C13H20I2N4O4. The lowest BCUT2D eigenvalue weighted by molar-refractivity contribution is -0.140. The SMILES string of the molecule is CC(I)I.C[C@@H](CN1CC(=O)NC(=O)C1)N1CC(=O)NC(=O)C1. The second kappa shape index (κ2) is 9.84. The van der Waals surface area contributed by atoms with Crippen LogP contribution >= 0.6 is 45.2 Å². The molecule has 23 heavy (non-hydrogen) atoms. The van der Waals surface area contributed by atoms with E-state index in [1.807, 2.05) is 6.92 Å². The molecule has 2 aliphatic rings. The highest BCUT2D eigenvalue weighted by molar-refractivity contribution is 14.2. The Morgan fingerprint density at radius 2 is 1.22 bits per heavy atom. The van der Waals surface area contributed by atoms with Crippen molar-refractivity contribution in [2.24, 2.45) is 0 Å². The third-order valence-electron chi connectivity index (χ3n) is 3.13. The van der Waals surface area contributed by atoms with Crippen molar-refractivity contribution in [1.82, 2.24) is 20.4 Å². The summed E-state index contributed by atoms with van der Waals surface area (Å²) in [6.45, 7) is 5.08. The quantitative estimate of drug-likeness (QED) is 0.280. The molecule has 2 saturated heterocycles. The Morgan fingerprint density at radius 1 is 0.870 bits per heavy atom. The van der Waals surface area contributed by atoms with Crippen LogP contribution in [0.4, 0.5) is 0 Å². The number of piperazine rings is 2. The van der Waals surface area contributed by atoms with E-state index in [1.165, 1.54) is 0 Å². The van der Waals surface area contributed by atoms with Crippen molar-refractivity contribution in [3.8, 4) is 0 Å². The van der Waals surface area contributed by atoms with Crippen LogP contribution in [0.5, 0.6) is 0 Å². The van der Waals surface area contributed by atoms with Gasteiger partial charge in [-0.05, 0) is 13.8 Å². The van der Waals surface area contributed by atoms with E-state index >= 15 is 0 Å². The van der Waals surface area contributed by atoms with E-state index in [4.69, 9.17) is 0 Å². The summed E-state index contributed by atoms with van der Waals surface area (Å²) in [5.41, 5.74) is 0. The molecule has 2 rings (SSSR count). The predicted molar refractivity (Wildman–Crippen MR) is 101 cm³/mol. The van der Waals surface area contributed by atoms with Crippen LogP contribution in [0.1, 0.15) is 13.8 Å². The zero-order chi connectivity index (χ0) is 17.6. The molecule has 0 aromatic heterocycles. The summed E-state index contributed by atoms with van der Waals surface area (Å²) in [5.74, 6) is -1.29. The number of carbonyl (C=O) groups excluding carboxylic acids is 4. The average Bonchev–Trinajstić information content (AvgIpc) is 2.35. The first-order valence-electron chi connectivity index (χ1n) is 7.07. The van der Waals surface area contributed by atoms with Crippen LogP contribution in [0, 0.1) is 0 Å². The van der Waals surface area contributed by atoms with E-state index in [1.54, 1.807) is 9.80 Å². The molecule has 2 N–H and O–H groups in total. The molecule has 0 unspecified atom stereocenters. The lowest BCUT2D eigenvalue weighted by Crippen LogP contribution is -2.58. The first kappa shape index (κ1) is 20.7. The number of hydrogen-bond donors (Lipinski definition) is 2. The summed E-state index contributed by atoms with van der Waals surface area (Å²) in [5, 5.41) is 4.46. The van der Waals surface area contributed by atoms with Gasteiger partial charge in [0.15, 0.2) is 0 Å². The number of hydrogen-bond acceptors (Lipinski definition) is 6. The van der Waals surface area contributed by atoms with E-state index in [9.17, 15) is 19.2 Å². The van der Waals surface area contributed by atoms with Gasteiger partial charge in [0.2, 0.25) is 23.6 Å². The Labute approximate surface area is 162 Å². The Morgan fingerprint density at radius 3 is 1.61 bits per heavy atom. The van der Waals surface area contributed by atoms with Crippen LogP contribution in [-0.4, -0.2) is 74.1 Å². The number of imide groups is 2. The third-order valence-corrected chi connectivity index (χ3v) is 3.13. The Balaban J connectivity index is 0.000000593. The largest absolute Gasteiger partial charge is 0.294 e. The molecule has 0 saturated carbocycles. The van der Waals surface area contributed by atoms with Crippen molar-refractivity contribution >= 4 is 68.8 Å². The van der Waals surface area contributed by atoms with Gasteiger partial charge in [0.1, 0.15) is 0 Å². The highest BCUT2D eigenvalue weighted by atomic mass is 127. The van der Waals surface area contributed by atoms with Crippen molar-refractivity contribution in [2.75, 3.05) is 32.7 Å². The molecule has 10 heteroatoms. The number of alkyl halides is 2. The summed E-state index contributed by atoms with van der Waals surface area (Å²) in [6, 6.07) is -0.0892. The average molecular weight is 550 g/mol. The van der Waals surface area contributed by atoms with Crippen LogP contribution in [-0.2, 0) is 19.2 Å². The summed E-state index contributed by atoms with van der Waals surface area (Å²) in [7, 11) is 0.